The van der Waals surface area contributed by atoms with Crippen molar-refractivity contribution >= 4 is 23.3 Å². The summed E-state index contributed by atoms with van der Waals surface area (Å²) in [6.45, 7) is 1.90. The Morgan fingerprint density at radius 2 is 2.10 bits per heavy atom. The molecule has 1 aromatic rings. The van der Waals surface area contributed by atoms with Gasteiger partial charge in [0.2, 0.25) is 0 Å². The summed E-state index contributed by atoms with van der Waals surface area (Å²) in [4.78, 5) is 31.5. The second-order valence-electron chi connectivity index (χ2n) is 5.86. The third kappa shape index (κ3) is 1.68. The number of imide groups is 1. The summed E-state index contributed by atoms with van der Waals surface area (Å²) < 4.78 is 0. The van der Waals surface area contributed by atoms with Gasteiger partial charge in [0, 0.05) is 12.3 Å². The van der Waals surface area contributed by atoms with E-state index in [1.165, 1.54) is 4.90 Å². The number of nitrogens with one attached hydrogen (secondary N) is 1. The Morgan fingerprint density at radius 3 is 2.76 bits per heavy atom. The molecular formula is C15H15N3O3. The largest absolute Gasteiger partial charge is 0.392 e. The highest BCUT2D eigenvalue weighted by molar-refractivity contribution is 6.24. The van der Waals surface area contributed by atoms with E-state index in [4.69, 9.17) is 4.84 Å². The molecule has 3 atom stereocenters. The van der Waals surface area contributed by atoms with Gasteiger partial charge < -0.3 is 10.2 Å². The molecule has 108 valence electrons. The molecule has 1 saturated carbocycles. The van der Waals surface area contributed by atoms with E-state index in [2.05, 4.69) is 10.5 Å². The minimum atomic E-state index is -0.794. The molecule has 3 amide bonds. The van der Waals surface area contributed by atoms with Gasteiger partial charge in [-0.2, -0.15) is 0 Å². The summed E-state index contributed by atoms with van der Waals surface area (Å²) in [5, 5.41) is 6.78. The molecule has 6 heteroatoms. The average molecular weight is 285 g/mol. The van der Waals surface area contributed by atoms with Crippen molar-refractivity contribution in [2.75, 3.05) is 4.90 Å². The molecule has 4 rings (SSSR count). The molecule has 3 aliphatic rings. The minimum absolute atomic E-state index is 0.00358. The van der Waals surface area contributed by atoms with Gasteiger partial charge in [-0.05, 0) is 25.5 Å². The Hall–Kier alpha value is -2.37. The zero-order chi connectivity index (χ0) is 14.6. The molecule has 1 spiro atoms. The second kappa shape index (κ2) is 4.07. The van der Waals surface area contributed by atoms with Gasteiger partial charge in [-0.1, -0.05) is 23.4 Å². The van der Waals surface area contributed by atoms with Crippen LogP contribution in [0.5, 0.6) is 0 Å². The van der Waals surface area contributed by atoms with Crippen LogP contribution in [0.25, 0.3) is 0 Å². The zero-order valence-corrected chi connectivity index (χ0v) is 11.6. The number of oxime groups is 1. The molecule has 0 bridgehead atoms. The van der Waals surface area contributed by atoms with E-state index in [1.54, 1.807) is 12.1 Å². The molecule has 2 fully saturated rings. The third-order valence-corrected chi connectivity index (χ3v) is 4.44. The van der Waals surface area contributed by atoms with Crippen molar-refractivity contribution in [3.05, 3.63) is 30.3 Å². The fraction of sp³-hybridized carbons (Fsp3) is 0.400. The van der Waals surface area contributed by atoms with Crippen LogP contribution >= 0.6 is 0 Å². The Labute approximate surface area is 121 Å². The summed E-state index contributed by atoms with van der Waals surface area (Å²) in [5.41, 5.74) is 0.735. The normalized spacial score (nSPS) is 34.0. The number of hydrogen-bond donors (Lipinski definition) is 1. The Bertz CT molecular complexity index is 657. The lowest BCUT2D eigenvalue weighted by atomic mass is 10.1. The minimum Gasteiger partial charge on any atom is -0.392 e. The number of rotatable bonds is 2. The van der Waals surface area contributed by atoms with Crippen LogP contribution < -0.4 is 10.2 Å². The number of carbonyl (C=O) groups is 2. The predicted molar refractivity (Wildman–Crippen MR) is 75.9 cm³/mol. The Morgan fingerprint density at radius 1 is 1.33 bits per heavy atom. The number of nitrogens with zero attached hydrogens (tertiary/aromatic N) is 2. The van der Waals surface area contributed by atoms with Crippen LogP contribution in [0.15, 0.2) is 35.5 Å². The van der Waals surface area contributed by atoms with Crippen LogP contribution in [0, 0.1) is 5.92 Å². The first kappa shape index (κ1) is 12.4. The summed E-state index contributed by atoms with van der Waals surface area (Å²) in [5.74, 6) is -0.180. The van der Waals surface area contributed by atoms with Crippen molar-refractivity contribution in [1.82, 2.24) is 5.32 Å². The lowest BCUT2D eigenvalue weighted by Gasteiger charge is -2.14. The van der Waals surface area contributed by atoms with Crippen molar-refractivity contribution in [3.8, 4) is 0 Å². The third-order valence-electron chi connectivity index (χ3n) is 4.44. The van der Waals surface area contributed by atoms with Gasteiger partial charge >= 0.3 is 6.03 Å². The van der Waals surface area contributed by atoms with Gasteiger partial charge in [-0.3, -0.25) is 4.79 Å². The lowest BCUT2D eigenvalue weighted by molar-refractivity contribution is -0.120. The zero-order valence-electron chi connectivity index (χ0n) is 11.6. The van der Waals surface area contributed by atoms with E-state index in [-0.39, 0.29) is 24.0 Å². The number of urea groups is 1. The molecule has 2 heterocycles. The van der Waals surface area contributed by atoms with Crippen LogP contribution in [0.4, 0.5) is 10.5 Å². The smallest absolute Gasteiger partial charge is 0.329 e. The molecule has 0 unspecified atom stereocenters. The Balaban J connectivity index is 1.58. The molecule has 6 nitrogen and oxygen atoms in total. The molecule has 0 aromatic heterocycles. The van der Waals surface area contributed by atoms with Crippen LogP contribution in [0.1, 0.15) is 19.8 Å². The molecule has 0 radical (unpaired) electrons. The van der Waals surface area contributed by atoms with Gasteiger partial charge in [0.1, 0.15) is 11.6 Å². The van der Waals surface area contributed by atoms with E-state index in [9.17, 15) is 9.59 Å². The molecule has 1 N–H and O–H groups in total. The fourth-order valence-corrected chi connectivity index (χ4v) is 3.27. The average Bonchev–Trinajstić information content (AvgIpc) is 2.93. The maximum atomic E-state index is 12.7. The van der Waals surface area contributed by atoms with E-state index < -0.39 is 5.54 Å². The standard InChI is InChI=1S/C15H15N3O3/c1-9-7-12(21-17-9)11-8-15(11)13(19)18(14(20)16-15)10-5-3-2-4-6-10/h2-6,11-12H,7-8H2,1H3,(H,16,20)/t11-,12+,15+/m0/s1. The molecule has 1 aromatic carbocycles. The van der Waals surface area contributed by atoms with E-state index in [0.29, 0.717) is 12.1 Å². The molecule has 1 aliphatic carbocycles. The first-order valence-corrected chi connectivity index (χ1v) is 7.03. The van der Waals surface area contributed by atoms with Crippen molar-refractivity contribution in [2.24, 2.45) is 11.1 Å². The van der Waals surface area contributed by atoms with Gasteiger partial charge in [0.25, 0.3) is 5.91 Å². The molecule has 21 heavy (non-hydrogen) atoms. The monoisotopic (exact) mass is 285 g/mol. The number of anilines is 1. The van der Waals surface area contributed by atoms with E-state index >= 15 is 0 Å². The van der Waals surface area contributed by atoms with Gasteiger partial charge in [-0.15, -0.1) is 0 Å². The highest BCUT2D eigenvalue weighted by atomic mass is 16.6. The predicted octanol–water partition coefficient (Wildman–Crippen LogP) is 1.67. The summed E-state index contributed by atoms with van der Waals surface area (Å²) in [6, 6.07) is 8.62. The number of amides is 3. The van der Waals surface area contributed by atoms with Crippen molar-refractivity contribution < 1.29 is 14.4 Å². The number of benzene rings is 1. The maximum Gasteiger partial charge on any atom is 0.329 e. The Kier molecular flexibility index (Phi) is 2.40. The van der Waals surface area contributed by atoms with Crippen molar-refractivity contribution in [3.63, 3.8) is 0 Å². The lowest BCUT2D eigenvalue weighted by Crippen LogP contribution is -2.37. The maximum absolute atomic E-state index is 12.7. The number of hydrogen-bond acceptors (Lipinski definition) is 4. The summed E-state index contributed by atoms with van der Waals surface area (Å²) in [6.07, 6.45) is 1.24. The summed E-state index contributed by atoms with van der Waals surface area (Å²) in [7, 11) is 0. The molecular weight excluding hydrogens is 270 g/mol. The fourth-order valence-electron chi connectivity index (χ4n) is 3.27. The quantitative estimate of drug-likeness (QED) is 0.840. The molecule has 1 saturated heterocycles. The SMILES string of the molecule is CC1=NO[C@@H]([C@@H]2C[C@@]23NC(=O)N(c2ccccc2)C3=O)C1. The van der Waals surface area contributed by atoms with E-state index in [1.807, 2.05) is 25.1 Å². The highest BCUT2D eigenvalue weighted by Crippen LogP contribution is 2.52. The van der Waals surface area contributed by atoms with Crippen LogP contribution in [-0.4, -0.2) is 29.3 Å². The number of carbonyl (C=O) groups excluding carboxylic acids is 2. The topological polar surface area (TPSA) is 71.0 Å². The van der Waals surface area contributed by atoms with E-state index in [0.717, 1.165) is 12.1 Å². The second-order valence-corrected chi connectivity index (χ2v) is 5.86. The van der Waals surface area contributed by atoms with Crippen LogP contribution in [0.3, 0.4) is 0 Å². The van der Waals surface area contributed by atoms with Crippen LogP contribution in [0.2, 0.25) is 0 Å². The number of para-hydroxylation sites is 1. The molecule has 2 aliphatic heterocycles. The van der Waals surface area contributed by atoms with Crippen molar-refractivity contribution in [2.45, 2.75) is 31.4 Å². The highest BCUT2D eigenvalue weighted by Gasteiger charge is 2.70. The van der Waals surface area contributed by atoms with Crippen molar-refractivity contribution in [1.29, 1.82) is 0 Å². The first-order chi connectivity index (χ1) is 10.1. The summed E-state index contributed by atoms with van der Waals surface area (Å²) >= 11 is 0. The first-order valence-electron chi connectivity index (χ1n) is 7.03. The van der Waals surface area contributed by atoms with Gasteiger partial charge in [0.05, 0.1) is 11.4 Å². The van der Waals surface area contributed by atoms with Gasteiger partial charge in [0.15, 0.2) is 0 Å². The van der Waals surface area contributed by atoms with Crippen LogP contribution in [-0.2, 0) is 9.63 Å². The van der Waals surface area contributed by atoms with Gasteiger partial charge in [-0.25, -0.2) is 9.69 Å².